The summed E-state index contributed by atoms with van der Waals surface area (Å²) in [6.07, 6.45) is 2.95. The van der Waals surface area contributed by atoms with Crippen molar-refractivity contribution in [2.45, 2.75) is 13.5 Å². The van der Waals surface area contributed by atoms with E-state index >= 15 is 0 Å². The molecule has 32 heavy (non-hydrogen) atoms. The van der Waals surface area contributed by atoms with Crippen LogP contribution in [0.25, 0.3) is 6.08 Å². The van der Waals surface area contributed by atoms with Gasteiger partial charge in [0.25, 0.3) is 5.91 Å². The smallest absolute Gasteiger partial charge is 0.349 e. The average Bonchev–Trinajstić information content (AvgIpc) is 3.31. The number of nitrogens with zero attached hydrogens (tertiary/aromatic N) is 1. The van der Waals surface area contributed by atoms with Crippen molar-refractivity contribution in [3.8, 4) is 17.6 Å². The number of amides is 1. The highest BCUT2D eigenvalue weighted by Crippen LogP contribution is 2.21. The van der Waals surface area contributed by atoms with Crippen LogP contribution in [0.3, 0.4) is 0 Å². The maximum Gasteiger partial charge on any atom is 0.349 e. The Kier molecular flexibility index (Phi) is 7.84. The second-order valence-corrected chi connectivity index (χ2v) is 7.53. The number of nitrogens with one attached hydrogen (secondary N) is 1. The van der Waals surface area contributed by atoms with Crippen molar-refractivity contribution >= 4 is 33.9 Å². The number of halogens is 1. The Morgan fingerprint density at radius 3 is 2.56 bits per heavy atom. The molecule has 0 bridgehead atoms. The minimum atomic E-state index is -0.552. The number of carbonyl (C=O) groups is 2. The molecule has 1 aromatic heterocycles. The lowest BCUT2D eigenvalue weighted by Crippen LogP contribution is -2.23. The van der Waals surface area contributed by atoms with Crippen LogP contribution in [-0.2, 0) is 16.1 Å². The summed E-state index contributed by atoms with van der Waals surface area (Å²) in [5.74, 6) is 0.408. The Labute approximate surface area is 193 Å². The first-order valence-electron chi connectivity index (χ1n) is 9.56. The Bertz CT molecular complexity index is 1160. The van der Waals surface area contributed by atoms with Gasteiger partial charge in [-0.2, -0.15) is 5.26 Å². The zero-order valence-corrected chi connectivity index (χ0v) is 18.7. The third-order valence-corrected chi connectivity index (χ3v) is 5.17. The molecule has 162 valence electrons. The molecule has 3 aromatic rings. The minimum absolute atomic E-state index is 0.0560. The van der Waals surface area contributed by atoms with Crippen LogP contribution < -0.4 is 14.8 Å². The molecular formula is C24H19BrN2O5. The van der Waals surface area contributed by atoms with E-state index in [1.165, 1.54) is 12.3 Å². The summed E-state index contributed by atoms with van der Waals surface area (Å²) in [6.45, 7) is 1.87. The standard InChI is InChI=1S/C24H19BrN2O5/c1-16-11-20(8-9-22(16)25)31-15-23(28)32-19-6-4-17(5-7-19)12-18(13-26)24(29)27-14-21-3-2-10-30-21/h2-12H,14-15H2,1H3,(H,27,29)/b18-12+. The van der Waals surface area contributed by atoms with Gasteiger partial charge in [0.1, 0.15) is 28.9 Å². The van der Waals surface area contributed by atoms with E-state index in [2.05, 4.69) is 21.2 Å². The highest BCUT2D eigenvalue weighted by molar-refractivity contribution is 9.10. The minimum Gasteiger partial charge on any atom is -0.482 e. The van der Waals surface area contributed by atoms with Crippen LogP contribution >= 0.6 is 15.9 Å². The molecule has 7 nitrogen and oxygen atoms in total. The first-order chi connectivity index (χ1) is 15.4. The summed E-state index contributed by atoms with van der Waals surface area (Å²) in [5, 5.41) is 11.9. The van der Waals surface area contributed by atoms with Gasteiger partial charge in [0.15, 0.2) is 6.61 Å². The maximum atomic E-state index is 12.2. The predicted molar refractivity (Wildman–Crippen MR) is 121 cm³/mol. The first kappa shape index (κ1) is 22.8. The van der Waals surface area contributed by atoms with Gasteiger partial charge in [-0.1, -0.05) is 28.1 Å². The third kappa shape index (κ3) is 6.59. The molecule has 0 fully saturated rings. The van der Waals surface area contributed by atoms with Crippen LogP contribution in [0.5, 0.6) is 11.5 Å². The van der Waals surface area contributed by atoms with Gasteiger partial charge in [-0.25, -0.2) is 4.79 Å². The molecule has 0 aliphatic rings. The molecule has 1 N–H and O–H groups in total. The normalized spacial score (nSPS) is 10.8. The summed E-state index contributed by atoms with van der Waals surface area (Å²) in [6, 6.07) is 17.1. The SMILES string of the molecule is Cc1cc(OCC(=O)Oc2ccc(/C=C(\C#N)C(=O)NCc3ccco3)cc2)ccc1Br. The number of esters is 1. The molecule has 0 spiro atoms. The second kappa shape index (κ2) is 11.0. The second-order valence-electron chi connectivity index (χ2n) is 6.67. The lowest BCUT2D eigenvalue weighted by Gasteiger charge is -2.08. The summed E-state index contributed by atoms with van der Waals surface area (Å²) in [4.78, 5) is 24.2. The lowest BCUT2D eigenvalue weighted by molar-refractivity contribution is -0.136. The Morgan fingerprint density at radius 2 is 1.91 bits per heavy atom. The zero-order valence-electron chi connectivity index (χ0n) is 17.1. The number of carbonyl (C=O) groups excluding carboxylic acids is 2. The Morgan fingerprint density at radius 1 is 1.16 bits per heavy atom. The molecule has 3 rings (SSSR count). The number of hydrogen-bond donors (Lipinski definition) is 1. The highest BCUT2D eigenvalue weighted by Gasteiger charge is 2.10. The number of ether oxygens (including phenoxy) is 2. The summed E-state index contributed by atoms with van der Waals surface area (Å²) < 4.78 is 16.8. The number of nitriles is 1. The lowest BCUT2D eigenvalue weighted by atomic mass is 10.1. The number of furan rings is 1. The van der Waals surface area contributed by atoms with Crippen LogP contribution in [0.15, 0.2) is 75.3 Å². The van der Waals surface area contributed by atoms with Crippen molar-refractivity contribution in [2.24, 2.45) is 0 Å². The predicted octanol–water partition coefficient (Wildman–Crippen LogP) is 4.56. The molecule has 1 heterocycles. The fraction of sp³-hybridized carbons (Fsp3) is 0.125. The summed E-state index contributed by atoms with van der Waals surface area (Å²) >= 11 is 3.41. The Hall–Kier alpha value is -3.83. The summed E-state index contributed by atoms with van der Waals surface area (Å²) in [7, 11) is 0. The Balaban J connectivity index is 1.53. The van der Waals surface area contributed by atoms with E-state index in [1.54, 1.807) is 42.5 Å². The first-order valence-corrected chi connectivity index (χ1v) is 10.4. The number of rotatable bonds is 8. The quantitative estimate of drug-likeness (QED) is 0.213. The highest BCUT2D eigenvalue weighted by atomic mass is 79.9. The van der Waals surface area contributed by atoms with E-state index in [-0.39, 0.29) is 18.7 Å². The van der Waals surface area contributed by atoms with E-state index in [0.717, 1.165) is 10.0 Å². The molecule has 2 aromatic carbocycles. The summed E-state index contributed by atoms with van der Waals surface area (Å²) in [5.41, 5.74) is 1.54. The molecule has 0 aliphatic carbocycles. The topological polar surface area (TPSA) is 102 Å². The van der Waals surface area contributed by atoms with Crippen molar-refractivity contribution in [1.29, 1.82) is 5.26 Å². The van der Waals surface area contributed by atoms with Crippen LogP contribution in [0.1, 0.15) is 16.9 Å². The van der Waals surface area contributed by atoms with E-state index in [0.29, 0.717) is 22.8 Å². The number of hydrogen-bond acceptors (Lipinski definition) is 6. The van der Waals surface area contributed by atoms with Crippen molar-refractivity contribution in [2.75, 3.05) is 6.61 Å². The number of benzene rings is 2. The number of aryl methyl sites for hydroxylation is 1. The van der Waals surface area contributed by atoms with E-state index < -0.39 is 11.9 Å². The van der Waals surface area contributed by atoms with E-state index in [9.17, 15) is 14.9 Å². The van der Waals surface area contributed by atoms with Gasteiger partial charge in [0.2, 0.25) is 0 Å². The molecule has 8 heteroatoms. The van der Waals surface area contributed by atoms with E-state index in [1.807, 2.05) is 25.1 Å². The fourth-order valence-corrected chi connectivity index (χ4v) is 2.88. The third-order valence-electron chi connectivity index (χ3n) is 4.28. The van der Waals surface area contributed by atoms with Crippen LogP contribution in [-0.4, -0.2) is 18.5 Å². The molecule has 0 saturated heterocycles. The molecule has 1 amide bonds. The maximum absolute atomic E-state index is 12.2. The van der Waals surface area contributed by atoms with Gasteiger partial charge >= 0.3 is 5.97 Å². The van der Waals surface area contributed by atoms with Gasteiger partial charge in [0.05, 0.1) is 12.8 Å². The van der Waals surface area contributed by atoms with Crippen molar-refractivity contribution in [3.63, 3.8) is 0 Å². The molecule has 0 aliphatic heterocycles. The van der Waals surface area contributed by atoms with Crippen LogP contribution in [0.4, 0.5) is 0 Å². The fourth-order valence-electron chi connectivity index (χ4n) is 2.63. The molecule has 0 atom stereocenters. The molecule has 0 unspecified atom stereocenters. The van der Waals surface area contributed by atoms with Crippen LogP contribution in [0.2, 0.25) is 0 Å². The van der Waals surface area contributed by atoms with Gasteiger partial charge in [0, 0.05) is 4.47 Å². The van der Waals surface area contributed by atoms with Crippen molar-refractivity contribution < 1.29 is 23.5 Å². The van der Waals surface area contributed by atoms with Gasteiger partial charge in [-0.05, 0) is 66.6 Å². The van der Waals surface area contributed by atoms with E-state index in [4.69, 9.17) is 13.9 Å². The molecule has 0 saturated carbocycles. The van der Waals surface area contributed by atoms with Crippen LogP contribution in [0, 0.1) is 18.3 Å². The van der Waals surface area contributed by atoms with Gasteiger partial charge in [-0.3, -0.25) is 4.79 Å². The van der Waals surface area contributed by atoms with Crippen molar-refractivity contribution in [3.05, 3.63) is 87.8 Å². The van der Waals surface area contributed by atoms with Gasteiger partial charge in [-0.15, -0.1) is 0 Å². The largest absolute Gasteiger partial charge is 0.482 e. The van der Waals surface area contributed by atoms with Gasteiger partial charge < -0.3 is 19.2 Å². The average molecular weight is 495 g/mol. The molecular weight excluding hydrogens is 476 g/mol. The molecule has 0 radical (unpaired) electrons. The monoisotopic (exact) mass is 494 g/mol. The zero-order chi connectivity index (χ0) is 22.9. The van der Waals surface area contributed by atoms with Crippen molar-refractivity contribution in [1.82, 2.24) is 5.32 Å².